The molecule has 4 heteroatoms. The Bertz CT molecular complexity index is 342. The molecule has 4 atom stereocenters. The summed E-state index contributed by atoms with van der Waals surface area (Å²) in [5.41, 5.74) is 1.21. The van der Waals surface area contributed by atoms with Crippen molar-refractivity contribution < 1.29 is 19.7 Å². The topological polar surface area (TPSA) is 58.9 Å². The first-order chi connectivity index (χ1) is 8.66. The summed E-state index contributed by atoms with van der Waals surface area (Å²) in [7, 11) is 0. The van der Waals surface area contributed by atoms with Crippen molar-refractivity contribution in [2.75, 3.05) is 6.61 Å². The Labute approximate surface area is 107 Å². The van der Waals surface area contributed by atoms with Gasteiger partial charge in [0.1, 0.15) is 6.10 Å². The van der Waals surface area contributed by atoms with Crippen LogP contribution in [0.2, 0.25) is 0 Å². The SMILES string of the molecule is C[C@H]1O[C@H](OCCc2ccccc2)C[C@@H](O)[C@@H]1O. The molecule has 1 fully saturated rings. The molecule has 1 heterocycles. The van der Waals surface area contributed by atoms with Crippen molar-refractivity contribution in [1.82, 2.24) is 0 Å². The number of hydrogen-bond acceptors (Lipinski definition) is 4. The Hall–Kier alpha value is -0.940. The number of rotatable bonds is 4. The van der Waals surface area contributed by atoms with Crippen LogP contribution in [0.3, 0.4) is 0 Å². The highest BCUT2D eigenvalue weighted by atomic mass is 16.7. The van der Waals surface area contributed by atoms with E-state index in [4.69, 9.17) is 9.47 Å². The van der Waals surface area contributed by atoms with Crippen molar-refractivity contribution >= 4 is 0 Å². The monoisotopic (exact) mass is 252 g/mol. The van der Waals surface area contributed by atoms with E-state index < -0.39 is 24.6 Å². The Kier molecular flexibility index (Phi) is 4.72. The first kappa shape index (κ1) is 13.5. The third kappa shape index (κ3) is 3.53. The molecule has 0 bridgehead atoms. The molecule has 1 aromatic carbocycles. The lowest BCUT2D eigenvalue weighted by Crippen LogP contribution is -2.47. The first-order valence-corrected chi connectivity index (χ1v) is 6.34. The van der Waals surface area contributed by atoms with Crippen LogP contribution in [-0.2, 0) is 15.9 Å². The molecule has 1 aromatic rings. The Morgan fingerprint density at radius 2 is 2.00 bits per heavy atom. The van der Waals surface area contributed by atoms with E-state index in [1.54, 1.807) is 6.92 Å². The molecular formula is C14H20O4. The number of benzene rings is 1. The lowest BCUT2D eigenvalue weighted by Gasteiger charge is -2.35. The lowest BCUT2D eigenvalue weighted by atomic mass is 10.0. The van der Waals surface area contributed by atoms with Gasteiger partial charge in [-0.25, -0.2) is 0 Å². The maximum absolute atomic E-state index is 9.62. The molecule has 0 unspecified atom stereocenters. The molecule has 1 aliphatic heterocycles. The standard InChI is InChI=1S/C14H20O4/c1-10-14(16)12(15)9-13(18-10)17-8-7-11-5-3-2-4-6-11/h2-6,10,12-16H,7-9H2,1H3/t10-,12-,13+,14-/m1/s1. The van der Waals surface area contributed by atoms with Gasteiger partial charge in [0, 0.05) is 6.42 Å². The fraction of sp³-hybridized carbons (Fsp3) is 0.571. The Morgan fingerprint density at radius 3 is 2.67 bits per heavy atom. The second kappa shape index (κ2) is 6.29. The average molecular weight is 252 g/mol. The van der Waals surface area contributed by atoms with E-state index in [0.29, 0.717) is 13.0 Å². The summed E-state index contributed by atoms with van der Waals surface area (Å²) in [5.74, 6) is 0. The van der Waals surface area contributed by atoms with E-state index in [1.165, 1.54) is 5.56 Å². The van der Waals surface area contributed by atoms with Crippen molar-refractivity contribution in [3.63, 3.8) is 0 Å². The van der Waals surface area contributed by atoms with E-state index in [2.05, 4.69) is 0 Å². The quantitative estimate of drug-likeness (QED) is 0.842. The van der Waals surface area contributed by atoms with Gasteiger partial charge in [0.05, 0.1) is 18.8 Å². The van der Waals surface area contributed by atoms with E-state index in [0.717, 1.165) is 6.42 Å². The van der Waals surface area contributed by atoms with Crippen LogP contribution in [0.5, 0.6) is 0 Å². The maximum Gasteiger partial charge on any atom is 0.160 e. The molecular weight excluding hydrogens is 232 g/mol. The van der Waals surface area contributed by atoms with E-state index in [1.807, 2.05) is 30.3 Å². The molecule has 1 aliphatic rings. The van der Waals surface area contributed by atoms with Gasteiger partial charge in [0.2, 0.25) is 0 Å². The second-order valence-corrected chi connectivity index (χ2v) is 4.67. The molecule has 1 saturated heterocycles. The van der Waals surface area contributed by atoms with Crippen LogP contribution >= 0.6 is 0 Å². The highest BCUT2D eigenvalue weighted by molar-refractivity contribution is 5.14. The van der Waals surface area contributed by atoms with Gasteiger partial charge < -0.3 is 19.7 Å². The van der Waals surface area contributed by atoms with Gasteiger partial charge in [-0.05, 0) is 18.9 Å². The molecule has 2 rings (SSSR count). The van der Waals surface area contributed by atoms with Crippen molar-refractivity contribution in [2.45, 2.75) is 44.4 Å². The first-order valence-electron chi connectivity index (χ1n) is 6.34. The van der Waals surface area contributed by atoms with Crippen LogP contribution in [0.25, 0.3) is 0 Å². The summed E-state index contributed by atoms with van der Waals surface area (Å²) >= 11 is 0. The number of aliphatic hydroxyl groups is 2. The molecule has 0 aliphatic carbocycles. The summed E-state index contributed by atoms with van der Waals surface area (Å²) in [6.45, 7) is 2.28. The van der Waals surface area contributed by atoms with Crippen LogP contribution in [0.15, 0.2) is 30.3 Å². The summed E-state index contributed by atoms with van der Waals surface area (Å²) in [4.78, 5) is 0. The predicted molar refractivity (Wildman–Crippen MR) is 67.1 cm³/mol. The molecule has 0 spiro atoms. The third-order valence-electron chi connectivity index (χ3n) is 3.21. The van der Waals surface area contributed by atoms with Crippen molar-refractivity contribution in [3.8, 4) is 0 Å². The van der Waals surface area contributed by atoms with Gasteiger partial charge in [0.25, 0.3) is 0 Å². The average Bonchev–Trinajstić information content (AvgIpc) is 2.37. The summed E-state index contributed by atoms with van der Waals surface area (Å²) in [5, 5.41) is 19.2. The number of ether oxygens (including phenoxy) is 2. The Morgan fingerprint density at radius 1 is 1.28 bits per heavy atom. The maximum atomic E-state index is 9.62. The van der Waals surface area contributed by atoms with Gasteiger partial charge in [-0.2, -0.15) is 0 Å². The fourth-order valence-electron chi connectivity index (χ4n) is 2.09. The minimum absolute atomic E-state index is 0.320. The van der Waals surface area contributed by atoms with Gasteiger partial charge in [-0.15, -0.1) is 0 Å². The summed E-state index contributed by atoms with van der Waals surface area (Å²) < 4.78 is 11.1. The zero-order valence-corrected chi connectivity index (χ0v) is 10.5. The minimum Gasteiger partial charge on any atom is -0.390 e. The lowest BCUT2D eigenvalue weighted by molar-refractivity contribution is -0.245. The zero-order valence-electron chi connectivity index (χ0n) is 10.5. The van der Waals surface area contributed by atoms with Crippen molar-refractivity contribution in [1.29, 1.82) is 0 Å². The van der Waals surface area contributed by atoms with E-state index in [-0.39, 0.29) is 0 Å². The van der Waals surface area contributed by atoms with Gasteiger partial charge in [-0.3, -0.25) is 0 Å². The predicted octanol–water partition coefficient (Wildman–Crippen LogP) is 1.10. The van der Waals surface area contributed by atoms with Crippen LogP contribution in [0.1, 0.15) is 18.9 Å². The highest BCUT2D eigenvalue weighted by Crippen LogP contribution is 2.21. The van der Waals surface area contributed by atoms with Crippen LogP contribution in [0.4, 0.5) is 0 Å². The van der Waals surface area contributed by atoms with Crippen molar-refractivity contribution in [2.24, 2.45) is 0 Å². The van der Waals surface area contributed by atoms with Gasteiger partial charge in [-0.1, -0.05) is 30.3 Å². The van der Waals surface area contributed by atoms with Crippen molar-refractivity contribution in [3.05, 3.63) is 35.9 Å². The van der Waals surface area contributed by atoms with E-state index >= 15 is 0 Å². The molecule has 2 N–H and O–H groups in total. The van der Waals surface area contributed by atoms with E-state index in [9.17, 15) is 10.2 Å². The molecule has 18 heavy (non-hydrogen) atoms. The molecule has 0 aromatic heterocycles. The van der Waals surface area contributed by atoms with Gasteiger partial charge in [0.15, 0.2) is 6.29 Å². The van der Waals surface area contributed by atoms with Crippen LogP contribution in [-0.4, -0.2) is 41.4 Å². The number of aliphatic hydroxyl groups excluding tert-OH is 2. The summed E-state index contributed by atoms with van der Waals surface area (Å²) in [6, 6.07) is 10.1. The minimum atomic E-state index is -0.820. The molecule has 0 radical (unpaired) electrons. The highest BCUT2D eigenvalue weighted by Gasteiger charge is 2.34. The normalized spacial score (nSPS) is 32.4. The Balaban J connectivity index is 1.74. The molecule has 0 amide bonds. The fourth-order valence-corrected chi connectivity index (χ4v) is 2.09. The molecule has 4 nitrogen and oxygen atoms in total. The van der Waals surface area contributed by atoms with Crippen LogP contribution < -0.4 is 0 Å². The third-order valence-corrected chi connectivity index (χ3v) is 3.21. The second-order valence-electron chi connectivity index (χ2n) is 4.67. The van der Waals surface area contributed by atoms with Gasteiger partial charge >= 0.3 is 0 Å². The largest absolute Gasteiger partial charge is 0.390 e. The smallest absolute Gasteiger partial charge is 0.160 e. The van der Waals surface area contributed by atoms with Crippen LogP contribution in [0, 0.1) is 0 Å². The molecule has 100 valence electrons. The zero-order chi connectivity index (χ0) is 13.0. The molecule has 0 saturated carbocycles. The summed E-state index contributed by atoms with van der Waals surface area (Å²) in [6.07, 6.45) is -1.28. The number of hydrogen-bond donors (Lipinski definition) is 2.